The number of benzene rings is 4. The van der Waals surface area contributed by atoms with Crippen LogP contribution in [0.3, 0.4) is 0 Å². The van der Waals surface area contributed by atoms with Crippen LogP contribution in [0.1, 0.15) is 84.2 Å². The second-order valence-corrected chi connectivity index (χ2v) is 17.2. The molecule has 1 aromatic heterocycles. The third-order valence-corrected chi connectivity index (χ3v) is 13.0. The van der Waals surface area contributed by atoms with Crippen molar-refractivity contribution in [2.45, 2.75) is 90.1 Å². The Kier molecular flexibility index (Phi) is 10.7. The first-order valence-corrected chi connectivity index (χ1v) is 21.3. The first-order valence-electron chi connectivity index (χ1n) is 21.3. The molecule has 4 aromatic carbocycles. The van der Waals surface area contributed by atoms with Gasteiger partial charge in [0.2, 0.25) is 11.8 Å². The van der Waals surface area contributed by atoms with Crippen molar-refractivity contribution in [3.8, 4) is 17.1 Å². The Morgan fingerprint density at radius 2 is 1.49 bits per heavy atom. The number of amides is 4. The maximum Gasteiger partial charge on any atom is 0.338 e. The van der Waals surface area contributed by atoms with E-state index in [1.54, 1.807) is 33.4 Å². The number of aryl methyl sites for hydroxylation is 1. The van der Waals surface area contributed by atoms with Gasteiger partial charge in [0.25, 0.3) is 11.8 Å². The van der Waals surface area contributed by atoms with Crippen LogP contribution in [0.15, 0.2) is 89.7 Å². The fraction of sp³-hybridized carbons (Fsp3) is 0.375. The molecule has 13 heteroatoms. The Hall–Kier alpha value is -6.36. The molecule has 4 heterocycles. The number of nitrogens with one attached hydrogen (secondary N) is 1. The summed E-state index contributed by atoms with van der Waals surface area (Å²) in [5.74, 6) is -0.955. The molecule has 312 valence electrons. The average Bonchev–Trinajstić information content (AvgIpc) is 3.67. The monoisotopic (exact) mass is 819 g/mol. The summed E-state index contributed by atoms with van der Waals surface area (Å²) in [6.07, 6.45) is 4.20. The molecule has 2 saturated heterocycles. The van der Waals surface area contributed by atoms with E-state index in [9.17, 15) is 24.0 Å². The van der Waals surface area contributed by atoms with E-state index >= 15 is 0 Å². The lowest BCUT2D eigenvalue weighted by atomic mass is 9.85. The molecule has 1 unspecified atom stereocenters. The minimum Gasteiger partial charge on any atom is -0.490 e. The highest BCUT2D eigenvalue weighted by Crippen LogP contribution is 2.36. The third kappa shape index (κ3) is 7.55. The molecule has 5 aromatic rings. The molecule has 1 aliphatic carbocycles. The SMILES string of the molecule is [C-]#[N+]c1ccc(-n2c(=O)n(-c3ccc(CN4CCC(CN(C(C)C)C5CC(Oc6ccc7c(c6)C(=O)N(C6CCC(=O)NC6=O)C7=O)C5)CC4)cc3)c3ccccc32)cc1C. The number of nitrogens with zero attached hydrogens (tertiary/aromatic N) is 6. The molecule has 13 nitrogen and oxygen atoms in total. The number of hydrogen-bond acceptors (Lipinski definition) is 8. The number of carbonyl (C=O) groups is 4. The topological polar surface area (TPSA) is 131 Å². The molecule has 4 amide bonds. The van der Waals surface area contributed by atoms with Crippen LogP contribution in [-0.2, 0) is 16.1 Å². The van der Waals surface area contributed by atoms with Crippen LogP contribution in [-0.4, -0.2) is 91.3 Å². The molecule has 61 heavy (non-hydrogen) atoms. The number of rotatable bonds is 11. The summed E-state index contributed by atoms with van der Waals surface area (Å²) in [6, 6.07) is 26.3. The van der Waals surface area contributed by atoms with Crippen LogP contribution < -0.4 is 15.7 Å². The van der Waals surface area contributed by atoms with E-state index in [0.29, 0.717) is 29.4 Å². The zero-order valence-electron chi connectivity index (χ0n) is 34.7. The maximum absolute atomic E-state index is 14.0. The van der Waals surface area contributed by atoms with Crippen LogP contribution in [0.4, 0.5) is 5.69 Å². The fourth-order valence-electron chi connectivity index (χ4n) is 9.59. The lowest BCUT2D eigenvalue weighted by Gasteiger charge is -2.46. The van der Waals surface area contributed by atoms with Crippen LogP contribution in [0.2, 0.25) is 0 Å². The van der Waals surface area contributed by atoms with Gasteiger partial charge in [-0.1, -0.05) is 30.3 Å². The van der Waals surface area contributed by atoms with E-state index in [0.717, 1.165) is 84.7 Å². The van der Waals surface area contributed by atoms with Gasteiger partial charge in [0.15, 0.2) is 5.69 Å². The Morgan fingerprint density at radius 3 is 2.15 bits per heavy atom. The van der Waals surface area contributed by atoms with Crippen molar-refractivity contribution in [2.24, 2.45) is 5.92 Å². The number of para-hydroxylation sites is 2. The lowest BCUT2D eigenvalue weighted by molar-refractivity contribution is -0.136. The van der Waals surface area contributed by atoms with Gasteiger partial charge >= 0.3 is 5.69 Å². The maximum atomic E-state index is 14.0. The van der Waals surface area contributed by atoms with Crippen molar-refractivity contribution in [1.29, 1.82) is 0 Å². The molecular formula is C48H49N7O6. The minimum absolute atomic E-state index is 0.000917. The predicted molar refractivity (Wildman–Crippen MR) is 230 cm³/mol. The number of imide groups is 2. The Morgan fingerprint density at radius 1 is 0.820 bits per heavy atom. The van der Waals surface area contributed by atoms with Crippen LogP contribution in [0.5, 0.6) is 5.75 Å². The second kappa shape index (κ2) is 16.2. The fourth-order valence-corrected chi connectivity index (χ4v) is 9.59. The van der Waals surface area contributed by atoms with E-state index in [1.807, 2.05) is 55.5 Å². The molecule has 1 N–H and O–H groups in total. The van der Waals surface area contributed by atoms with Crippen molar-refractivity contribution in [1.82, 2.24) is 29.2 Å². The molecule has 3 aliphatic heterocycles. The molecule has 0 spiro atoms. The number of aromatic nitrogens is 2. The Balaban J connectivity index is 0.777. The third-order valence-electron chi connectivity index (χ3n) is 13.0. The summed E-state index contributed by atoms with van der Waals surface area (Å²) >= 11 is 0. The Labute approximate surface area is 354 Å². The molecular weight excluding hydrogens is 771 g/mol. The summed E-state index contributed by atoms with van der Waals surface area (Å²) in [5, 5.41) is 2.23. The molecule has 1 saturated carbocycles. The van der Waals surface area contributed by atoms with Crippen LogP contribution >= 0.6 is 0 Å². The molecule has 9 rings (SSSR count). The average molecular weight is 820 g/mol. The summed E-state index contributed by atoms with van der Waals surface area (Å²) in [4.78, 5) is 74.2. The first kappa shape index (κ1) is 40.1. The number of piperidine rings is 2. The van der Waals surface area contributed by atoms with Gasteiger partial charge < -0.3 is 4.74 Å². The van der Waals surface area contributed by atoms with E-state index in [4.69, 9.17) is 11.3 Å². The summed E-state index contributed by atoms with van der Waals surface area (Å²) in [7, 11) is 0. The Bertz CT molecular complexity index is 2660. The standard InChI is InChI=1S/C48H49N7O6/c1-29(2)52(35-24-37(25-35)61-36-14-15-38-39(26-36)47(59)55(46(38)58)43-17-18-44(56)50-45(43)57)28-32-19-21-51(22-20-32)27-31-9-11-33(12-10-31)53-41-7-5-6-8-42(41)54(48(53)60)34-13-16-40(49-4)30(3)23-34/h5-16,23,26,29,32,35,37,43H,17-22,24-25,27-28H2,1-3H3,(H,50,56,57). The molecule has 0 radical (unpaired) electrons. The first-order chi connectivity index (χ1) is 29.5. The number of fused-ring (bicyclic) bond motifs is 2. The minimum atomic E-state index is -0.997. The van der Waals surface area contributed by atoms with Gasteiger partial charge in [0.1, 0.15) is 17.9 Å². The summed E-state index contributed by atoms with van der Waals surface area (Å²) in [5.41, 5.74) is 6.13. The van der Waals surface area contributed by atoms with Gasteiger partial charge in [0.05, 0.1) is 34.4 Å². The molecule has 4 aliphatic rings. The smallest absolute Gasteiger partial charge is 0.338 e. The van der Waals surface area contributed by atoms with Gasteiger partial charge in [-0.25, -0.2) is 9.64 Å². The van der Waals surface area contributed by atoms with Gasteiger partial charge in [-0.3, -0.25) is 48.3 Å². The van der Waals surface area contributed by atoms with Gasteiger partial charge in [-0.05, 0) is 125 Å². The number of hydrogen-bond donors (Lipinski definition) is 1. The highest BCUT2D eigenvalue weighted by Gasteiger charge is 2.45. The largest absolute Gasteiger partial charge is 0.490 e. The summed E-state index contributed by atoms with van der Waals surface area (Å²) < 4.78 is 9.80. The van der Waals surface area contributed by atoms with Crippen molar-refractivity contribution in [2.75, 3.05) is 19.6 Å². The molecule has 1 atom stereocenters. The quantitative estimate of drug-likeness (QED) is 0.117. The van der Waals surface area contributed by atoms with Gasteiger partial charge in [-0.15, -0.1) is 0 Å². The lowest BCUT2D eigenvalue weighted by Crippen LogP contribution is -2.54. The summed E-state index contributed by atoms with van der Waals surface area (Å²) in [6.45, 7) is 17.8. The number of carbonyl (C=O) groups excluding carboxylic acids is 4. The predicted octanol–water partition coefficient (Wildman–Crippen LogP) is 6.57. The highest BCUT2D eigenvalue weighted by atomic mass is 16.5. The van der Waals surface area contributed by atoms with E-state index in [1.165, 1.54) is 5.56 Å². The second-order valence-electron chi connectivity index (χ2n) is 17.2. The van der Waals surface area contributed by atoms with E-state index in [-0.39, 0.29) is 35.8 Å². The zero-order chi connectivity index (χ0) is 42.5. The van der Waals surface area contributed by atoms with E-state index < -0.39 is 29.7 Å². The zero-order valence-corrected chi connectivity index (χ0v) is 34.7. The van der Waals surface area contributed by atoms with Crippen molar-refractivity contribution >= 4 is 40.3 Å². The number of likely N-dealkylation sites (tertiary alicyclic amines) is 1. The van der Waals surface area contributed by atoms with Crippen LogP contribution in [0, 0.1) is 19.4 Å². The normalized spacial score (nSPS) is 20.9. The van der Waals surface area contributed by atoms with Crippen molar-refractivity contribution < 1.29 is 23.9 Å². The van der Waals surface area contributed by atoms with Crippen LogP contribution in [0.25, 0.3) is 27.3 Å². The molecule has 0 bridgehead atoms. The number of imidazole rings is 1. The van der Waals surface area contributed by atoms with E-state index in [2.05, 4.69) is 45.9 Å². The number of ether oxygens (including phenoxy) is 1. The van der Waals surface area contributed by atoms with Gasteiger partial charge in [-0.2, -0.15) is 0 Å². The van der Waals surface area contributed by atoms with Gasteiger partial charge in [0, 0.05) is 50.1 Å². The van der Waals surface area contributed by atoms with Crippen molar-refractivity contribution in [3.63, 3.8) is 0 Å². The van der Waals surface area contributed by atoms with Crippen molar-refractivity contribution in [3.05, 3.63) is 129 Å². The molecule has 3 fully saturated rings. The highest BCUT2D eigenvalue weighted by molar-refractivity contribution is 6.23.